The molecule has 0 fully saturated rings. The first-order chi connectivity index (χ1) is 9.22. The Hall–Kier alpha value is -2.47. The van der Waals surface area contributed by atoms with Crippen molar-refractivity contribution in [3.63, 3.8) is 0 Å². The number of fused-ring (bicyclic) bond motifs is 1. The molecule has 94 valence electrons. The summed E-state index contributed by atoms with van der Waals surface area (Å²) in [5.41, 5.74) is 6.42. The van der Waals surface area contributed by atoms with Gasteiger partial charge in [-0.25, -0.2) is 4.98 Å². The second-order valence-corrected chi connectivity index (χ2v) is 4.90. The Morgan fingerprint density at radius 2 is 2.16 bits per heavy atom. The number of aromatic nitrogens is 2. The third-order valence-corrected chi connectivity index (χ3v) is 3.49. The molecule has 0 aliphatic rings. The van der Waals surface area contributed by atoms with Crippen molar-refractivity contribution in [2.75, 3.05) is 11.1 Å². The molecule has 0 atom stereocenters. The lowest BCUT2D eigenvalue weighted by Gasteiger charge is -2.04. The molecule has 0 radical (unpaired) electrons. The van der Waals surface area contributed by atoms with Gasteiger partial charge in [-0.15, -0.1) is 11.3 Å². The van der Waals surface area contributed by atoms with E-state index in [1.54, 1.807) is 11.3 Å². The number of nitrogens with zero attached hydrogens (tertiary/aromatic N) is 2. The van der Waals surface area contributed by atoms with E-state index in [-0.39, 0.29) is 17.4 Å². The van der Waals surface area contributed by atoms with Crippen molar-refractivity contribution in [2.24, 2.45) is 0 Å². The van der Waals surface area contributed by atoms with Crippen LogP contribution in [0.2, 0.25) is 0 Å². The van der Waals surface area contributed by atoms with E-state index in [4.69, 9.17) is 5.73 Å². The number of benzene rings is 1. The van der Waals surface area contributed by atoms with Crippen molar-refractivity contribution in [1.29, 1.82) is 0 Å². The van der Waals surface area contributed by atoms with E-state index >= 15 is 0 Å². The molecule has 0 saturated heterocycles. The molecule has 0 bridgehead atoms. The fourth-order valence-corrected chi connectivity index (χ4v) is 2.50. The van der Waals surface area contributed by atoms with E-state index in [1.807, 2.05) is 29.6 Å². The van der Waals surface area contributed by atoms with Crippen LogP contribution in [0.4, 0.5) is 11.5 Å². The number of nitrogens with one attached hydrogen (secondary N) is 1. The highest BCUT2D eigenvalue weighted by Gasteiger charge is 2.09. The normalized spacial score (nSPS) is 10.5. The maximum Gasteiger partial charge on any atom is 0.275 e. The van der Waals surface area contributed by atoms with Crippen LogP contribution in [0.5, 0.6) is 0 Å². The van der Waals surface area contributed by atoms with E-state index in [0.29, 0.717) is 0 Å². The van der Waals surface area contributed by atoms with Crippen molar-refractivity contribution in [1.82, 2.24) is 9.97 Å². The number of anilines is 2. The van der Waals surface area contributed by atoms with Crippen molar-refractivity contribution in [3.8, 4) is 0 Å². The predicted octanol–water partition coefficient (Wildman–Crippen LogP) is 2.53. The Kier molecular flexibility index (Phi) is 2.85. The van der Waals surface area contributed by atoms with Gasteiger partial charge in [0.15, 0.2) is 0 Å². The summed E-state index contributed by atoms with van der Waals surface area (Å²) in [7, 11) is 0. The third kappa shape index (κ3) is 2.38. The molecular formula is C13H10N4OS. The summed E-state index contributed by atoms with van der Waals surface area (Å²) in [6.07, 6.45) is 2.78. The van der Waals surface area contributed by atoms with Gasteiger partial charge in [-0.3, -0.25) is 9.78 Å². The van der Waals surface area contributed by atoms with Gasteiger partial charge in [0, 0.05) is 10.4 Å². The maximum atomic E-state index is 12.0. The number of carbonyl (C=O) groups is 1. The summed E-state index contributed by atoms with van der Waals surface area (Å²) < 4.78 is 1.18. The molecule has 3 rings (SSSR count). The molecule has 3 N–H and O–H groups in total. The molecular weight excluding hydrogens is 260 g/mol. The summed E-state index contributed by atoms with van der Waals surface area (Å²) in [5.74, 6) is -0.102. The molecule has 6 heteroatoms. The topological polar surface area (TPSA) is 80.9 Å². The lowest BCUT2D eigenvalue weighted by molar-refractivity contribution is 0.102. The minimum absolute atomic E-state index is 0.199. The van der Waals surface area contributed by atoms with Gasteiger partial charge in [-0.2, -0.15) is 0 Å². The minimum Gasteiger partial charge on any atom is -0.382 e. The average Bonchev–Trinajstić information content (AvgIpc) is 2.86. The molecule has 1 amide bonds. The molecule has 5 nitrogen and oxygen atoms in total. The van der Waals surface area contributed by atoms with E-state index < -0.39 is 0 Å². The van der Waals surface area contributed by atoms with Gasteiger partial charge in [0.2, 0.25) is 0 Å². The lowest BCUT2D eigenvalue weighted by Crippen LogP contribution is -2.14. The first-order valence-electron chi connectivity index (χ1n) is 5.58. The minimum atomic E-state index is -0.325. The van der Waals surface area contributed by atoms with Crippen LogP contribution in [0.25, 0.3) is 10.1 Å². The second kappa shape index (κ2) is 4.66. The van der Waals surface area contributed by atoms with Crippen LogP contribution >= 0.6 is 11.3 Å². The summed E-state index contributed by atoms with van der Waals surface area (Å²) in [4.78, 5) is 19.7. The average molecular weight is 270 g/mol. The predicted molar refractivity (Wildman–Crippen MR) is 76.2 cm³/mol. The highest BCUT2D eigenvalue weighted by molar-refractivity contribution is 7.17. The van der Waals surface area contributed by atoms with Crippen LogP contribution in [0.3, 0.4) is 0 Å². The largest absolute Gasteiger partial charge is 0.382 e. The van der Waals surface area contributed by atoms with Gasteiger partial charge < -0.3 is 11.1 Å². The summed E-state index contributed by atoms with van der Waals surface area (Å²) in [5, 5.41) is 5.89. The number of hydrogen-bond donors (Lipinski definition) is 2. The second-order valence-electron chi connectivity index (χ2n) is 3.96. The van der Waals surface area contributed by atoms with Gasteiger partial charge in [-0.05, 0) is 35.0 Å². The van der Waals surface area contributed by atoms with Crippen LogP contribution in [0, 0.1) is 0 Å². The van der Waals surface area contributed by atoms with Crippen LogP contribution in [0.15, 0.2) is 42.0 Å². The summed E-state index contributed by atoms with van der Waals surface area (Å²) >= 11 is 1.66. The first kappa shape index (κ1) is 11.6. The van der Waals surface area contributed by atoms with Crippen LogP contribution in [-0.4, -0.2) is 15.9 Å². The molecule has 0 aliphatic carbocycles. The fraction of sp³-hybridized carbons (Fsp3) is 0. The third-order valence-electron chi connectivity index (χ3n) is 2.60. The molecule has 2 aromatic heterocycles. The Bertz CT molecular complexity index is 753. The Labute approximate surface area is 113 Å². The summed E-state index contributed by atoms with van der Waals surface area (Å²) in [6, 6.07) is 7.76. The number of carbonyl (C=O) groups excluding carboxylic acids is 1. The zero-order valence-corrected chi connectivity index (χ0v) is 10.6. The standard InChI is InChI=1S/C13H10N4OS/c14-12-7-15-6-10(17-12)13(18)16-9-1-2-11-8(5-9)3-4-19-11/h1-7H,(H2,14,17)(H,16,18). The zero-order valence-electron chi connectivity index (χ0n) is 9.83. The van der Waals surface area contributed by atoms with E-state index in [2.05, 4.69) is 15.3 Å². The van der Waals surface area contributed by atoms with Crippen LogP contribution < -0.4 is 11.1 Å². The molecule has 2 heterocycles. The SMILES string of the molecule is Nc1cncc(C(=O)Nc2ccc3sccc3c2)n1. The molecule has 0 aliphatic heterocycles. The molecule has 1 aromatic carbocycles. The molecule has 0 saturated carbocycles. The molecule has 0 spiro atoms. The van der Waals surface area contributed by atoms with Crippen molar-refractivity contribution in [2.45, 2.75) is 0 Å². The molecule has 0 unspecified atom stereocenters. The van der Waals surface area contributed by atoms with Crippen molar-refractivity contribution < 1.29 is 4.79 Å². The zero-order chi connectivity index (χ0) is 13.2. The molecule has 3 aromatic rings. The Morgan fingerprint density at radius 3 is 3.00 bits per heavy atom. The van der Waals surface area contributed by atoms with Crippen LogP contribution in [0.1, 0.15) is 10.5 Å². The fourth-order valence-electron chi connectivity index (χ4n) is 1.73. The number of amides is 1. The first-order valence-corrected chi connectivity index (χ1v) is 6.46. The van der Waals surface area contributed by atoms with Crippen LogP contribution in [-0.2, 0) is 0 Å². The van der Waals surface area contributed by atoms with Gasteiger partial charge in [0.05, 0.1) is 12.4 Å². The number of thiophene rings is 1. The number of hydrogen-bond acceptors (Lipinski definition) is 5. The monoisotopic (exact) mass is 270 g/mol. The summed E-state index contributed by atoms with van der Waals surface area (Å²) in [6.45, 7) is 0. The van der Waals surface area contributed by atoms with Gasteiger partial charge in [0.1, 0.15) is 11.5 Å². The number of nitrogen functional groups attached to an aromatic ring is 1. The highest BCUT2D eigenvalue weighted by Crippen LogP contribution is 2.24. The Morgan fingerprint density at radius 1 is 1.26 bits per heavy atom. The van der Waals surface area contributed by atoms with E-state index in [1.165, 1.54) is 17.1 Å². The number of nitrogens with two attached hydrogens (primary N) is 1. The van der Waals surface area contributed by atoms with E-state index in [0.717, 1.165) is 11.1 Å². The van der Waals surface area contributed by atoms with E-state index in [9.17, 15) is 4.79 Å². The maximum absolute atomic E-state index is 12.0. The van der Waals surface area contributed by atoms with Crippen molar-refractivity contribution in [3.05, 3.63) is 47.7 Å². The smallest absolute Gasteiger partial charge is 0.275 e. The van der Waals surface area contributed by atoms with Gasteiger partial charge >= 0.3 is 0 Å². The quantitative estimate of drug-likeness (QED) is 0.749. The molecule has 19 heavy (non-hydrogen) atoms. The Balaban J connectivity index is 1.86. The number of rotatable bonds is 2. The highest BCUT2D eigenvalue weighted by atomic mass is 32.1. The van der Waals surface area contributed by atoms with Gasteiger partial charge in [0.25, 0.3) is 5.91 Å². The lowest BCUT2D eigenvalue weighted by atomic mass is 10.2. The van der Waals surface area contributed by atoms with Crippen molar-refractivity contribution >= 4 is 38.8 Å². The van der Waals surface area contributed by atoms with Gasteiger partial charge in [-0.1, -0.05) is 0 Å².